The number of hydrogen-bond acceptors (Lipinski definition) is 7. The van der Waals surface area contributed by atoms with Crippen LogP contribution >= 0.6 is 23.2 Å². The molecular formula is C16H15Cl2N7O2S. The van der Waals surface area contributed by atoms with Crippen molar-refractivity contribution in [1.82, 2.24) is 29.0 Å². The van der Waals surface area contributed by atoms with Gasteiger partial charge in [0, 0.05) is 37.3 Å². The van der Waals surface area contributed by atoms with E-state index < -0.39 is 10.0 Å². The van der Waals surface area contributed by atoms with E-state index in [4.69, 9.17) is 23.2 Å². The van der Waals surface area contributed by atoms with Gasteiger partial charge in [-0.1, -0.05) is 23.2 Å². The van der Waals surface area contributed by atoms with Gasteiger partial charge in [0.1, 0.15) is 29.7 Å². The molecule has 146 valence electrons. The van der Waals surface area contributed by atoms with Gasteiger partial charge in [-0.2, -0.15) is 9.40 Å². The molecule has 0 unspecified atom stereocenters. The summed E-state index contributed by atoms with van der Waals surface area (Å²) >= 11 is 12.0. The van der Waals surface area contributed by atoms with Crippen molar-refractivity contribution in [3.05, 3.63) is 53.3 Å². The van der Waals surface area contributed by atoms with E-state index in [1.807, 2.05) is 4.90 Å². The average Bonchev–Trinajstić information content (AvgIpc) is 3.25. The zero-order valence-electron chi connectivity index (χ0n) is 14.5. The largest absolute Gasteiger partial charge is 0.354 e. The van der Waals surface area contributed by atoms with Crippen molar-refractivity contribution < 1.29 is 8.42 Å². The zero-order valence-corrected chi connectivity index (χ0v) is 16.8. The smallest absolute Gasteiger partial charge is 0.244 e. The highest BCUT2D eigenvalue weighted by molar-refractivity contribution is 7.89. The normalized spacial score (nSPS) is 15.7. The molecule has 0 atom stereocenters. The van der Waals surface area contributed by atoms with E-state index in [0.29, 0.717) is 42.8 Å². The Hall–Kier alpha value is -2.27. The first-order valence-electron chi connectivity index (χ1n) is 8.32. The lowest BCUT2D eigenvalue weighted by Gasteiger charge is -2.34. The summed E-state index contributed by atoms with van der Waals surface area (Å²) in [6, 6.07) is 6.20. The molecular weight excluding hydrogens is 425 g/mol. The van der Waals surface area contributed by atoms with E-state index in [9.17, 15) is 8.42 Å². The molecule has 1 aliphatic heterocycles. The van der Waals surface area contributed by atoms with Gasteiger partial charge >= 0.3 is 0 Å². The molecule has 0 saturated carbocycles. The van der Waals surface area contributed by atoms with Gasteiger partial charge in [-0.3, -0.25) is 0 Å². The van der Waals surface area contributed by atoms with Crippen molar-refractivity contribution in [2.75, 3.05) is 31.1 Å². The summed E-state index contributed by atoms with van der Waals surface area (Å²) in [5.74, 6) is 1.28. The molecule has 0 N–H and O–H groups in total. The van der Waals surface area contributed by atoms with Gasteiger partial charge in [0.15, 0.2) is 5.82 Å². The number of piperazine rings is 1. The van der Waals surface area contributed by atoms with Crippen LogP contribution in [-0.2, 0) is 10.0 Å². The third kappa shape index (κ3) is 3.68. The maximum Gasteiger partial charge on any atom is 0.244 e. The molecule has 4 rings (SSSR count). The summed E-state index contributed by atoms with van der Waals surface area (Å²) < 4.78 is 28.8. The molecule has 28 heavy (non-hydrogen) atoms. The Morgan fingerprint density at radius 2 is 1.68 bits per heavy atom. The van der Waals surface area contributed by atoms with Crippen LogP contribution in [0.2, 0.25) is 10.0 Å². The van der Waals surface area contributed by atoms with E-state index >= 15 is 0 Å². The van der Waals surface area contributed by atoms with E-state index in [-0.39, 0.29) is 9.92 Å². The van der Waals surface area contributed by atoms with Crippen LogP contribution in [0.4, 0.5) is 5.82 Å². The SMILES string of the molecule is O=S(=O)(c1cc(Cl)ccc1Cl)N1CCN(c2cc(-n3cncn3)ncn2)CC1. The van der Waals surface area contributed by atoms with Gasteiger partial charge in [-0.25, -0.2) is 28.1 Å². The lowest BCUT2D eigenvalue weighted by molar-refractivity contribution is 0.383. The minimum Gasteiger partial charge on any atom is -0.354 e. The van der Waals surface area contributed by atoms with Crippen LogP contribution < -0.4 is 4.90 Å². The molecule has 0 radical (unpaired) electrons. The number of aromatic nitrogens is 5. The number of hydrogen-bond donors (Lipinski definition) is 0. The number of sulfonamides is 1. The predicted octanol–water partition coefficient (Wildman–Crippen LogP) is 1.87. The molecule has 1 aliphatic rings. The summed E-state index contributed by atoms with van der Waals surface area (Å²) in [6.45, 7) is 1.55. The molecule has 0 spiro atoms. The van der Waals surface area contributed by atoms with Crippen LogP contribution in [0.15, 0.2) is 48.1 Å². The minimum atomic E-state index is -3.73. The molecule has 0 aliphatic carbocycles. The number of rotatable bonds is 4. The van der Waals surface area contributed by atoms with Gasteiger partial charge in [0.05, 0.1) is 5.02 Å². The van der Waals surface area contributed by atoms with Gasteiger partial charge in [-0.05, 0) is 18.2 Å². The van der Waals surface area contributed by atoms with Gasteiger partial charge in [0.2, 0.25) is 10.0 Å². The average molecular weight is 440 g/mol. The topological polar surface area (TPSA) is 97.1 Å². The first-order valence-corrected chi connectivity index (χ1v) is 10.5. The highest BCUT2D eigenvalue weighted by Gasteiger charge is 2.30. The molecule has 2 aromatic heterocycles. The zero-order chi connectivity index (χ0) is 19.7. The van der Waals surface area contributed by atoms with E-state index in [1.54, 1.807) is 18.5 Å². The van der Waals surface area contributed by atoms with Crippen LogP contribution in [0.3, 0.4) is 0 Å². The summed E-state index contributed by atoms with van der Waals surface area (Å²) in [5, 5.41) is 4.53. The molecule has 1 aromatic carbocycles. The Morgan fingerprint density at radius 3 is 2.39 bits per heavy atom. The third-order valence-corrected chi connectivity index (χ3v) is 6.98. The van der Waals surface area contributed by atoms with E-state index in [2.05, 4.69) is 20.1 Å². The van der Waals surface area contributed by atoms with Gasteiger partial charge in [-0.15, -0.1) is 0 Å². The number of anilines is 1. The standard InChI is InChI=1S/C16H15Cl2N7O2S/c17-12-1-2-13(18)14(7-12)28(26,27)24-5-3-23(4-6-24)15-8-16(21-10-20-15)25-11-19-9-22-25/h1-2,7-11H,3-6H2. The third-order valence-electron chi connectivity index (χ3n) is 4.37. The second-order valence-electron chi connectivity index (χ2n) is 6.04. The fraction of sp³-hybridized carbons (Fsp3) is 0.250. The predicted molar refractivity (Wildman–Crippen MR) is 104 cm³/mol. The minimum absolute atomic E-state index is 0.0191. The van der Waals surface area contributed by atoms with Crippen LogP contribution in [0, 0.1) is 0 Å². The summed E-state index contributed by atoms with van der Waals surface area (Å²) in [6.07, 6.45) is 4.42. The Bertz CT molecular complexity index is 1080. The highest BCUT2D eigenvalue weighted by Crippen LogP contribution is 2.28. The van der Waals surface area contributed by atoms with Crippen molar-refractivity contribution in [2.24, 2.45) is 0 Å². The van der Waals surface area contributed by atoms with Crippen LogP contribution in [0.5, 0.6) is 0 Å². The fourth-order valence-corrected chi connectivity index (χ4v) is 5.09. The van der Waals surface area contributed by atoms with Crippen LogP contribution in [-0.4, -0.2) is 63.6 Å². The molecule has 1 fully saturated rings. The van der Waals surface area contributed by atoms with Crippen molar-refractivity contribution in [1.29, 1.82) is 0 Å². The van der Waals surface area contributed by atoms with Crippen molar-refractivity contribution >= 4 is 39.0 Å². The maximum absolute atomic E-state index is 12.9. The van der Waals surface area contributed by atoms with Crippen molar-refractivity contribution in [3.63, 3.8) is 0 Å². The quantitative estimate of drug-likeness (QED) is 0.611. The Kier molecular flexibility index (Phi) is 5.19. The Morgan fingerprint density at radius 1 is 0.929 bits per heavy atom. The van der Waals surface area contributed by atoms with Crippen molar-refractivity contribution in [3.8, 4) is 5.82 Å². The molecule has 1 saturated heterocycles. The van der Waals surface area contributed by atoms with Gasteiger partial charge in [0.25, 0.3) is 0 Å². The number of nitrogens with zero attached hydrogens (tertiary/aromatic N) is 7. The molecule has 0 bridgehead atoms. The fourth-order valence-electron chi connectivity index (χ4n) is 2.93. The first kappa shape index (κ1) is 19.1. The van der Waals surface area contributed by atoms with Crippen molar-refractivity contribution in [2.45, 2.75) is 4.90 Å². The summed E-state index contributed by atoms with van der Waals surface area (Å²) in [5.41, 5.74) is 0. The molecule has 3 heterocycles. The van der Waals surface area contributed by atoms with Crippen LogP contribution in [0.25, 0.3) is 5.82 Å². The first-order chi connectivity index (χ1) is 13.4. The number of halogens is 2. The van der Waals surface area contributed by atoms with Crippen LogP contribution in [0.1, 0.15) is 0 Å². The monoisotopic (exact) mass is 439 g/mol. The molecule has 12 heteroatoms. The number of benzene rings is 1. The molecule has 0 amide bonds. The summed E-state index contributed by atoms with van der Waals surface area (Å²) in [4.78, 5) is 14.4. The summed E-state index contributed by atoms with van der Waals surface area (Å²) in [7, 11) is -3.73. The second kappa shape index (κ2) is 7.63. The molecule has 9 nitrogen and oxygen atoms in total. The highest BCUT2D eigenvalue weighted by atomic mass is 35.5. The Balaban J connectivity index is 1.51. The van der Waals surface area contributed by atoms with E-state index in [1.165, 1.54) is 33.8 Å². The maximum atomic E-state index is 12.9. The molecule has 3 aromatic rings. The van der Waals surface area contributed by atoms with E-state index in [0.717, 1.165) is 0 Å². The lowest BCUT2D eigenvalue weighted by atomic mass is 10.3. The van der Waals surface area contributed by atoms with Gasteiger partial charge < -0.3 is 4.90 Å². The second-order valence-corrected chi connectivity index (χ2v) is 8.79. The Labute approximate surface area is 171 Å². The lowest BCUT2D eigenvalue weighted by Crippen LogP contribution is -2.49.